The first-order chi connectivity index (χ1) is 9.34. The third-order valence-corrected chi connectivity index (χ3v) is 5.88. The number of benzene rings is 1. The molecule has 2 N–H and O–H groups in total. The van der Waals surface area contributed by atoms with Crippen molar-refractivity contribution in [3.05, 3.63) is 29.6 Å². The van der Waals surface area contributed by atoms with E-state index in [4.69, 9.17) is 5.73 Å². The van der Waals surface area contributed by atoms with E-state index in [1.807, 2.05) is 13.2 Å². The van der Waals surface area contributed by atoms with Crippen molar-refractivity contribution in [3.63, 3.8) is 0 Å². The van der Waals surface area contributed by atoms with E-state index in [2.05, 4.69) is 0 Å². The minimum Gasteiger partial charge on any atom is -0.326 e. The minimum absolute atomic E-state index is 0.175. The summed E-state index contributed by atoms with van der Waals surface area (Å²) in [6.45, 7) is 1.99. The molecule has 1 aromatic carbocycles. The van der Waals surface area contributed by atoms with Crippen LogP contribution in [0.15, 0.2) is 23.1 Å². The fourth-order valence-electron chi connectivity index (χ4n) is 1.73. The molecule has 0 aliphatic rings. The lowest BCUT2D eigenvalue weighted by Gasteiger charge is -2.24. The highest BCUT2D eigenvalue weighted by atomic mass is 32.2. The number of rotatable bonds is 7. The van der Waals surface area contributed by atoms with Gasteiger partial charge in [-0.25, -0.2) is 12.8 Å². The highest BCUT2D eigenvalue weighted by molar-refractivity contribution is 7.98. The summed E-state index contributed by atoms with van der Waals surface area (Å²) in [7, 11) is -2.36. The van der Waals surface area contributed by atoms with Gasteiger partial charge in [-0.15, -0.1) is 0 Å². The molecule has 1 atom stereocenters. The summed E-state index contributed by atoms with van der Waals surface area (Å²) in [5.74, 6) is 0.109. The van der Waals surface area contributed by atoms with Crippen LogP contribution in [0.25, 0.3) is 0 Å². The molecule has 1 aromatic rings. The average molecular weight is 320 g/mol. The van der Waals surface area contributed by atoms with Gasteiger partial charge in [-0.1, -0.05) is 6.07 Å². The Morgan fingerprint density at radius 2 is 2.10 bits per heavy atom. The maximum atomic E-state index is 13.8. The highest BCUT2D eigenvalue weighted by Gasteiger charge is 2.28. The Morgan fingerprint density at radius 3 is 2.65 bits per heavy atom. The van der Waals surface area contributed by atoms with Crippen molar-refractivity contribution >= 4 is 21.8 Å². The molecule has 4 nitrogen and oxygen atoms in total. The van der Waals surface area contributed by atoms with E-state index in [9.17, 15) is 12.8 Å². The molecule has 0 spiro atoms. The number of halogens is 1. The van der Waals surface area contributed by atoms with Crippen LogP contribution in [0.3, 0.4) is 0 Å². The Morgan fingerprint density at radius 1 is 1.45 bits per heavy atom. The van der Waals surface area contributed by atoms with Gasteiger partial charge in [-0.2, -0.15) is 16.1 Å². The summed E-state index contributed by atoms with van der Waals surface area (Å²) in [6.07, 6.45) is 2.68. The molecule has 0 amide bonds. The summed E-state index contributed by atoms with van der Waals surface area (Å²) in [4.78, 5) is -0.307. The van der Waals surface area contributed by atoms with Gasteiger partial charge in [0.1, 0.15) is 10.7 Å². The normalized spacial score (nSPS) is 13.7. The molecule has 0 aliphatic carbocycles. The maximum Gasteiger partial charge on any atom is 0.245 e. The molecule has 0 saturated carbocycles. The van der Waals surface area contributed by atoms with E-state index in [0.717, 1.165) is 18.2 Å². The minimum atomic E-state index is -3.84. The topological polar surface area (TPSA) is 63.4 Å². The molecule has 0 saturated heterocycles. The number of nitrogens with two attached hydrogens (primary N) is 1. The van der Waals surface area contributed by atoms with Gasteiger partial charge in [0.25, 0.3) is 0 Å². The van der Waals surface area contributed by atoms with Gasteiger partial charge in [0.2, 0.25) is 10.0 Å². The Balaban J connectivity index is 3.09. The van der Waals surface area contributed by atoms with Crippen molar-refractivity contribution in [2.75, 3.05) is 19.1 Å². The smallest absolute Gasteiger partial charge is 0.245 e. The first-order valence-corrected chi connectivity index (χ1v) is 9.13. The van der Waals surface area contributed by atoms with Crippen LogP contribution in [-0.2, 0) is 16.6 Å². The van der Waals surface area contributed by atoms with Crippen molar-refractivity contribution in [3.8, 4) is 0 Å². The van der Waals surface area contributed by atoms with Gasteiger partial charge in [0.15, 0.2) is 0 Å². The molecule has 7 heteroatoms. The van der Waals surface area contributed by atoms with Crippen molar-refractivity contribution in [2.24, 2.45) is 5.73 Å². The molecule has 0 aromatic heterocycles. The third kappa shape index (κ3) is 3.94. The summed E-state index contributed by atoms with van der Waals surface area (Å²) in [5, 5.41) is 0. The molecular formula is C13H21FN2O2S2. The fourth-order valence-corrected chi connectivity index (χ4v) is 3.82. The summed E-state index contributed by atoms with van der Waals surface area (Å²) < 4.78 is 40.0. The van der Waals surface area contributed by atoms with Crippen molar-refractivity contribution in [1.29, 1.82) is 0 Å². The van der Waals surface area contributed by atoms with Gasteiger partial charge in [-0.05, 0) is 43.0 Å². The lowest BCUT2D eigenvalue weighted by Crippen LogP contribution is -2.36. The standard InChI is InChI=1S/C13H21FN2O2S2/c1-10(6-7-19-3)16(2)20(17,18)13-8-11(9-15)4-5-12(13)14/h4-5,8,10H,6-7,9,15H2,1-3H3. The van der Waals surface area contributed by atoms with Gasteiger partial charge >= 0.3 is 0 Å². The van der Waals surface area contributed by atoms with E-state index >= 15 is 0 Å². The zero-order valence-corrected chi connectivity index (χ0v) is 13.6. The number of hydrogen-bond donors (Lipinski definition) is 1. The molecule has 114 valence electrons. The molecule has 0 fully saturated rings. The van der Waals surface area contributed by atoms with Crippen LogP contribution < -0.4 is 5.73 Å². The SMILES string of the molecule is CSCCC(C)N(C)S(=O)(=O)c1cc(CN)ccc1F. The zero-order valence-electron chi connectivity index (χ0n) is 12.0. The average Bonchev–Trinajstić information content (AvgIpc) is 2.44. The van der Waals surface area contributed by atoms with E-state index in [1.165, 1.54) is 23.5 Å². The predicted molar refractivity (Wildman–Crippen MR) is 81.7 cm³/mol. The second-order valence-electron chi connectivity index (χ2n) is 4.62. The number of thioether (sulfide) groups is 1. The summed E-state index contributed by atoms with van der Waals surface area (Å²) in [6, 6.07) is 3.76. The van der Waals surface area contributed by atoms with E-state index < -0.39 is 15.8 Å². The molecule has 1 unspecified atom stereocenters. The monoisotopic (exact) mass is 320 g/mol. The second kappa shape index (κ2) is 7.40. The van der Waals surface area contributed by atoms with Crippen molar-refractivity contribution in [2.45, 2.75) is 30.8 Å². The van der Waals surface area contributed by atoms with E-state index in [1.54, 1.807) is 11.8 Å². The van der Waals surface area contributed by atoms with Crippen molar-refractivity contribution < 1.29 is 12.8 Å². The number of hydrogen-bond acceptors (Lipinski definition) is 4. The third-order valence-electron chi connectivity index (χ3n) is 3.25. The van der Waals surface area contributed by atoms with Crippen LogP contribution in [0.1, 0.15) is 18.9 Å². The van der Waals surface area contributed by atoms with Crippen molar-refractivity contribution in [1.82, 2.24) is 4.31 Å². The summed E-state index contributed by atoms with van der Waals surface area (Å²) in [5.41, 5.74) is 6.07. The molecule has 1 rings (SSSR count). The Labute approximate surface area is 124 Å². The molecule has 0 radical (unpaired) electrons. The van der Waals surface area contributed by atoms with Gasteiger partial charge in [-0.3, -0.25) is 0 Å². The Kier molecular flexibility index (Phi) is 6.44. The molecular weight excluding hydrogens is 299 g/mol. The predicted octanol–water partition coefficient (Wildman–Crippen LogP) is 2.05. The molecule has 0 aliphatic heterocycles. The van der Waals surface area contributed by atoms with Crippen LogP contribution in [-0.4, -0.2) is 37.8 Å². The molecule has 0 bridgehead atoms. The van der Waals surface area contributed by atoms with E-state index in [0.29, 0.717) is 5.56 Å². The van der Waals surface area contributed by atoms with Gasteiger partial charge < -0.3 is 5.73 Å². The van der Waals surface area contributed by atoms with E-state index in [-0.39, 0.29) is 17.5 Å². The van der Waals surface area contributed by atoms with Gasteiger partial charge in [0, 0.05) is 19.6 Å². The van der Waals surface area contributed by atoms with Crippen LogP contribution >= 0.6 is 11.8 Å². The largest absolute Gasteiger partial charge is 0.326 e. The number of nitrogens with zero attached hydrogens (tertiary/aromatic N) is 1. The molecule has 20 heavy (non-hydrogen) atoms. The van der Waals surface area contributed by atoms with Crippen LogP contribution in [0.2, 0.25) is 0 Å². The van der Waals surface area contributed by atoms with Gasteiger partial charge in [0.05, 0.1) is 0 Å². The lowest BCUT2D eigenvalue weighted by atomic mass is 10.2. The number of sulfonamides is 1. The highest BCUT2D eigenvalue weighted by Crippen LogP contribution is 2.22. The first-order valence-electron chi connectivity index (χ1n) is 6.30. The quantitative estimate of drug-likeness (QED) is 0.835. The van der Waals surface area contributed by atoms with Crippen LogP contribution in [0.5, 0.6) is 0 Å². The van der Waals surface area contributed by atoms with Crippen LogP contribution in [0.4, 0.5) is 4.39 Å². The fraction of sp³-hybridized carbons (Fsp3) is 0.538. The van der Waals surface area contributed by atoms with Crippen LogP contribution in [0, 0.1) is 5.82 Å². The zero-order chi connectivity index (χ0) is 15.3. The Hall–Kier alpha value is -0.630. The second-order valence-corrected chi connectivity index (χ2v) is 7.57. The summed E-state index contributed by atoms with van der Waals surface area (Å²) >= 11 is 1.65. The first kappa shape index (κ1) is 17.4. The maximum absolute atomic E-state index is 13.8. The lowest BCUT2D eigenvalue weighted by molar-refractivity contribution is 0.380. The Bertz CT molecular complexity index is 549. The molecule has 0 heterocycles.